The van der Waals surface area contributed by atoms with E-state index in [4.69, 9.17) is 19.8 Å². The third-order valence-electron chi connectivity index (χ3n) is 3.48. The summed E-state index contributed by atoms with van der Waals surface area (Å²) in [6.45, 7) is 2.17. The molecule has 14 heteroatoms. The summed E-state index contributed by atoms with van der Waals surface area (Å²) >= 11 is 0. The molecule has 0 saturated heterocycles. The molecule has 0 amide bonds. The largest absolute Gasteiger partial charge is 0.504 e. The number of hydrogen-bond donors (Lipinski definition) is 9. The van der Waals surface area contributed by atoms with Crippen molar-refractivity contribution in [1.82, 2.24) is 0 Å². The van der Waals surface area contributed by atoms with Gasteiger partial charge in [0.25, 0.3) is 11.9 Å². The Bertz CT molecular complexity index is 983. The highest BCUT2D eigenvalue weighted by molar-refractivity contribution is 6.26. The van der Waals surface area contributed by atoms with E-state index in [-0.39, 0.29) is 0 Å². The van der Waals surface area contributed by atoms with Gasteiger partial charge >= 0.3 is 5.97 Å². The van der Waals surface area contributed by atoms with Crippen molar-refractivity contribution in [2.75, 3.05) is 0 Å². The Kier molecular flexibility index (Phi) is 10.3. The summed E-state index contributed by atoms with van der Waals surface area (Å²) in [7, 11) is 0. The van der Waals surface area contributed by atoms with E-state index in [1.165, 1.54) is 0 Å². The number of aliphatic carboxylic acids is 3. The molecule has 0 atom stereocenters. The Morgan fingerprint density at radius 3 is 0.941 bits per heavy atom. The van der Waals surface area contributed by atoms with Gasteiger partial charge in [-0.2, -0.15) is 0 Å². The lowest BCUT2D eigenvalue weighted by atomic mass is 9.89. The summed E-state index contributed by atoms with van der Waals surface area (Å²) in [6.07, 6.45) is 0. The van der Waals surface area contributed by atoms with Crippen molar-refractivity contribution in [3.05, 3.63) is 35.4 Å². The molecule has 34 heavy (non-hydrogen) atoms. The molecule has 0 unspecified atom stereocenters. The molecule has 0 aliphatic carbocycles. The number of ketones is 2. The zero-order valence-electron chi connectivity index (χ0n) is 17.5. The molecule has 0 spiro atoms. The van der Waals surface area contributed by atoms with Gasteiger partial charge in [0.2, 0.25) is 0 Å². The van der Waals surface area contributed by atoms with Gasteiger partial charge in [0.1, 0.15) is 0 Å². The maximum Gasteiger partial charge on any atom is 0.322 e. The first-order valence-electron chi connectivity index (χ1n) is 8.71. The summed E-state index contributed by atoms with van der Waals surface area (Å²) in [5.74, 6) is -14.1. The maximum atomic E-state index is 12.4. The molecule has 0 aromatic heterocycles. The van der Waals surface area contributed by atoms with E-state index in [9.17, 15) is 50.1 Å². The molecule has 0 radical (unpaired) electrons. The first-order chi connectivity index (χ1) is 15.5. The second-order valence-corrected chi connectivity index (χ2v) is 6.26. The molecule has 184 valence electrons. The van der Waals surface area contributed by atoms with Gasteiger partial charge < -0.3 is 46.0 Å². The molecule has 0 aliphatic heterocycles. The lowest BCUT2D eigenvalue weighted by Crippen LogP contribution is -2.32. The minimum absolute atomic E-state index is 0.578. The molecule has 9 N–H and O–H groups in total. The van der Waals surface area contributed by atoms with Crippen LogP contribution in [0.2, 0.25) is 0 Å². The monoisotopic (exact) mass is 484 g/mol. The lowest BCUT2D eigenvalue weighted by Gasteiger charge is -2.13. The first-order valence-corrected chi connectivity index (χ1v) is 8.71. The number of hydrogen-bond acceptors (Lipinski definition) is 11. The number of aromatic hydroxyl groups is 6. The molecule has 0 fully saturated rings. The molecule has 14 nitrogen and oxygen atoms in total. The molecule has 0 bridgehead atoms. The summed E-state index contributed by atoms with van der Waals surface area (Å²) in [5.41, 5.74) is -1.16. The van der Waals surface area contributed by atoms with E-state index in [0.717, 1.165) is 13.8 Å². The van der Waals surface area contributed by atoms with E-state index in [0.29, 0.717) is 24.3 Å². The number of benzene rings is 2. The highest BCUT2D eigenvalue weighted by atomic mass is 16.4. The summed E-state index contributed by atoms with van der Waals surface area (Å²) < 4.78 is 0. The number of carboxylic acids is 3. The molecular formula is C20H20O14. The predicted octanol–water partition coefficient (Wildman–Crippen LogP) is 0.868. The van der Waals surface area contributed by atoms with Crippen LogP contribution in [-0.2, 0) is 14.4 Å². The smallest absolute Gasteiger partial charge is 0.322 e. The highest BCUT2D eigenvalue weighted by Gasteiger charge is 2.36. The number of carbonyl (C=O) groups is 5. The number of rotatable bonds is 5. The second kappa shape index (κ2) is 12.1. The van der Waals surface area contributed by atoms with Crippen molar-refractivity contribution in [2.24, 2.45) is 5.92 Å². The van der Waals surface area contributed by atoms with Crippen molar-refractivity contribution < 1.29 is 69.9 Å². The quantitative estimate of drug-likeness (QED) is 0.162. The van der Waals surface area contributed by atoms with Crippen LogP contribution >= 0.6 is 0 Å². The molecule has 0 heterocycles. The Labute approximate surface area is 189 Å². The van der Waals surface area contributed by atoms with Crippen molar-refractivity contribution in [3.8, 4) is 34.5 Å². The fraction of sp³-hybridized carbons (Fsp3) is 0.150. The maximum absolute atomic E-state index is 12.4. The van der Waals surface area contributed by atoms with Gasteiger partial charge in [0, 0.05) is 25.0 Å². The molecule has 2 rings (SSSR count). The van der Waals surface area contributed by atoms with Gasteiger partial charge in [-0.25, -0.2) is 0 Å². The number of carbonyl (C=O) groups excluding carboxylic acids is 2. The minimum Gasteiger partial charge on any atom is -0.504 e. The normalized spacial score (nSPS) is 9.62. The zero-order valence-corrected chi connectivity index (χ0v) is 17.5. The van der Waals surface area contributed by atoms with Gasteiger partial charge in [0.05, 0.1) is 0 Å². The van der Waals surface area contributed by atoms with Crippen LogP contribution in [0.3, 0.4) is 0 Å². The van der Waals surface area contributed by atoms with Crippen molar-refractivity contribution >= 4 is 29.5 Å². The first kappa shape index (κ1) is 29.0. The number of phenolic OH excluding ortho intramolecular Hbond substituents is 6. The van der Waals surface area contributed by atoms with E-state index in [1.807, 2.05) is 0 Å². The van der Waals surface area contributed by atoms with Crippen molar-refractivity contribution in [3.63, 3.8) is 0 Å². The van der Waals surface area contributed by atoms with E-state index >= 15 is 0 Å². The fourth-order valence-corrected chi connectivity index (χ4v) is 2.17. The van der Waals surface area contributed by atoms with Crippen LogP contribution in [0.1, 0.15) is 34.6 Å². The van der Waals surface area contributed by atoms with Gasteiger partial charge in [-0.1, -0.05) is 0 Å². The van der Waals surface area contributed by atoms with Crippen LogP contribution in [0, 0.1) is 5.92 Å². The van der Waals surface area contributed by atoms with Gasteiger partial charge in [-0.3, -0.25) is 24.0 Å². The Hall–Kier alpha value is -5.01. The molecule has 0 aliphatic rings. The average Bonchev–Trinajstić information content (AvgIpc) is 2.68. The Balaban J connectivity index is 0.00000118. The van der Waals surface area contributed by atoms with Crippen LogP contribution in [0.15, 0.2) is 24.3 Å². The van der Waals surface area contributed by atoms with Crippen LogP contribution in [0.25, 0.3) is 0 Å². The van der Waals surface area contributed by atoms with E-state index in [1.54, 1.807) is 0 Å². The lowest BCUT2D eigenvalue weighted by molar-refractivity contribution is -0.138. The van der Waals surface area contributed by atoms with Crippen LogP contribution in [0.4, 0.5) is 0 Å². The van der Waals surface area contributed by atoms with Gasteiger partial charge in [-0.15, -0.1) is 0 Å². The highest BCUT2D eigenvalue weighted by Crippen LogP contribution is 2.38. The number of Topliss-reactive ketones (excluding diaryl/α,β-unsaturated/α-hetero) is 2. The minimum atomic E-state index is -2.35. The molecular weight excluding hydrogens is 464 g/mol. The van der Waals surface area contributed by atoms with Crippen molar-refractivity contribution in [2.45, 2.75) is 13.8 Å². The molecule has 0 saturated carbocycles. The molecule has 2 aromatic rings. The van der Waals surface area contributed by atoms with Gasteiger partial charge in [-0.05, 0) is 24.3 Å². The summed E-state index contributed by atoms with van der Waals surface area (Å²) in [4.78, 5) is 54.2. The second-order valence-electron chi connectivity index (χ2n) is 6.26. The third-order valence-corrected chi connectivity index (χ3v) is 3.48. The van der Waals surface area contributed by atoms with Gasteiger partial charge in [0.15, 0.2) is 52.0 Å². The van der Waals surface area contributed by atoms with Crippen LogP contribution in [-0.4, -0.2) is 75.4 Å². The zero-order chi connectivity index (χ0) is 26.9. The predicted molar refractivity (Wildman–Crippen MR) is 109 cm³/mol. The summed E-state index contributed by atoms with van der Waals surface area (Å²) in [6, 6.07) is 2.64. The van der Waals surface area contributed by atoms with Crippen molar-refractivity contribution in [1.29, 1.82) is 0 Å². The molecule has 2 aromatic carbocycles. The number of carboxylic acid groups (broad SMARTS) is 3. The Morgan fingerprint density at radius 2 is 0.765 bits per heavy atom. The number of phenols is 6. The average molecular weight is 484 g/mol. The van der Waals surface area contributed by atoms with Crippen LogP contribution < -0.4 is 0 Å². The third kappa shape index (κ3) is 8.26. The van der Waals surface area contributed by atoms with E-state index < -0.39 is 81.0 Å². The topological polar surface area (TPSA) is 267 Å². The Morgan fingerprint density at radius 1 is 0.559 bits per heavy atom. The SMILES string of the molecule is CC(=O)O.CC(=O)O.O=C(O)C(C(=O)c1cc(O)c(O)c(O)c1)C(=O)c1cc(O)c(O)c(O)c1. The fourth-order valence-electron chi connectivity index (χ4n) is 2.17. The van der Waals surface area contributed by atoms with E-state index in [2.05, 4.69) is 0 Å². The van der Waals surface area contributed by atoms with Crippen LogP contribution in [0.5, 0.6) is 34.5 Å². The summed E-state index contributed by atoms with van der Waals surface area (Å²) in [5, 5.41) is 80.3. The standard InChI is InChI=1S/C16H12O10.2C2H4O2/c17-7-1-5(2-8(18)14(7)23)12(21)11(16(25)26)13(22)6-3-9(19)15(24)10(20)4-6;2*1-2(3)4/h1-4,11,17-20,23-24H,(H,25,26);2*1H3,(H,3,4).